The largest absolute Gasteiger partial charge is 0.479 e. The molecule has 10 heavy (non-hydrogen) atoms. The molecule has 2 rings (SSSR count). The monoisotopic (exact) mass is 140 g/mol. The Morgan fingerprint density at radius 1 is 1.70 bits per heavy atom. The van der Waals surface area contributed by atoms with Gasteiger partial charge in [-0.3, -0.25) is 0 Å². The number of ether oxygens (including phenoxy) is 1. The van der Waals surface area contributed by atoms with Crippen LogP contribution in [-0.4, -0.2) is 22.8 Å². The van der Waals surface area contributed by atoms with Crippen LogP contribution in [0.4, 0.5) is 0 Å². The summed E-state index contributed by atoms with van der Waals surface area (Å²) in [5.41, 5.74) is -0.825. The van der Waals surface area contributed by atoms with Gasteiger partial charge in [0.25, 0.3) is 0 Å². The number of rotatable bonds is 1. The van der Waals surface area contributed by atoms with E-state index in [1.54, 1.807) is 0 Å². The van der Waals surface area contributed by atoms with Crippen molar-refractivity contribution >= 4 is 5.97 Å². The van der Waals surface area contributed by atoms with Gasteiger partial charge in [0.05, 0.1) is 0 Å². The highest BCUT2D eigenvalue weighted by atomic mass is 16.6. The van der Waals surface area contributed by atoms with Gasteiger partial charge >= 0.3 is 5.97 Å². The first-order valence-corrected chi connectivity index (χ1v) is 3.32. The smallest absolute Gasteiger partial charge is 0.339 e. The van der Waals surface area contributed by atoms with E-state index in [4.69, 9.17) is 9.84 Å². The summed E-state index contributed by atoms with van der Waals surface area (Å²) in [5.74, 6) is -0.818. The SMILES string of the molecule is O=C(O)C12CC=CCC1O2. The zero-order chi connectivity index (χ0) is 7.19. The van der Waals surface area contributed by atoms with Crippen molar-refractivity contribution in [2.75, 3.05) is 0 Å². The molecule has 2 unspecified atom stereocenters. The molecular formula is C7H8O3. The van der Waals surface area contributed by atoms with E-state index in [1.165, 1.54) is 0 Å². The second-order valence-corrected chi connectivity index (χ2v) is 2.71. The number of aliphatic carboxylic acids is 1. The van der Waals surface area contributed by atoms with Crippen LogP contribution in [0.1, 0.15) is 12.8 Å². The predicted octanol–water partition coefficient (Wildman–Crippen LogP) is 0.559. The van der Waals surface area contributed by atoms with Crippen molar-refractivity contribution in [2.45, 2.75) is 24.5 Å². The second-order valence-electron chi connectivity index (χ2n) is 2.71. The number of carboxylic acid groups (broad SMARTS) is 1. The second kappa shape index (κ2) is 1.61. The van der Waals surface area contributed by atoms with Crippen LogP contribution in [-0.2, 0) is 9.53 Å². The third-order valence-electron chi connectivity index (χ3n) is 2.12. The van der Waals surface area contributed by atoms with Crippen LogP contribution in [0.2, 0.25) is 0 Å². The van der Waals surface area contributed by atoms with Gasteiger partial charge in [-0.1, -0.05) is 12.2 Å². The Labute approximate surface area is 58.3 Å². The van der Waals surface area contributed by atoms with Gasteiger partial charge in [-0.25, -0.2) is 4.79 Å². The molecule has 0 saturated carbocycles. The van der Waals surface area contributed by atoms with E-state index in [9.17, 15) is 4.79 Å². The Bertz CT molecular complexity index is 209. The van der Waals surface area contributed by atoms with E-state index in [1.807, 2.05) is 12.2 Å². The molecule has 1 fully saturated rings. The van der Waals surface area contributed by atoms with Crippen molar-refractivity contribution < 1.29 is 14.6 Å². The van der Waals surface area contributed by atoms with Gasteiger partial charge in [0, 0.05) is 6.42 Å². The summed E-state index contributed by atoms with van der Waals surface area (Å²) in [7, 11) is 0. The molecule has 2 aliphatic rings. The van der Waals surface area contributed by atoms with E-state index in [-0.39, 0.29) is 6.10 Å². The standard InChI is InChI=1S/C7H8O3/c8-6(9)7-4-2-1-3-5(7)10-7/h1-2,5H,3-4H2,(H,8,9). The van der Waals surface area contributed by atoms with E-state index in [2.05, 4.69) is 0 Å². The Morgan fingerprint density at radius 3 is 3.00 bits per heavy atom. The van der Waals surface area contributed by atoms with Gasteiger partial charge in [-0.05, 0) is 6.42 Å². The molecule has 1 N–H and O–H groups in total. The number of hydrogen-bond donors (Lipinski definition) is 1. The maximum Gasteiger partial charge on any atom is 0.339 e. The molecule has 0 aromatic heterocycles. The van der Waals surface area contributed by atoms with Crippen molar-refractivity contribution in [3.8, 4) is 0 Å². The minimum absolute atomic E-state index is 0.0463. The van der Waals surface area contributed by atoms with Crippen molar-refractivity contribution in [3.05, 3.63) is 12.2 Å². The van der Waals surface area contributed by atoms with Crippen molar-refractivity contribution in [1.82, 2.24) is 0 Å². The van der Waals surface area contributed by atoms with E-state index in [0.29, 0.717) is 6.42 Å². The molecule has 1 aliphatic carbocycles. The van der Waals surface area contributed by atoms with Crippen LogP contribution in [0.15, 0.2) is 12.2 Å². The highest BCUT2D eigenvalue weighted by Crippen LogP contribution is 2.45. The maximum absolute atomic E-state index is 10.6. The van der Waals surface area contributed by atoms with E-state index in [0.717, 1.165) is 6.42 Å². The zero-order valence-electron chi connectivity index (χ0n) is 5.41. The summed E-state index contributed by atoms with van der Waals surface area (Å²) in [6.45, 7) is 0. The lowest BCUT2D eigenvalue weighted by Crippen LogP contribution is -2.27. The Balaban J connectivity index is 2.21. The van der Waals surface area contributed by atoms with E-state index < -0.39 is 11.6 Å². The fraction of sp³-hybridized carbons (Fsp3) is 0.571. The first kappa shape index (κ1) is 5.92. The molecule has 0 amide bonds. The number of fused-ring (bicyclic) bond motifs is 1. The lowest BCUT2D eigenvalue weighted by atomic mass is 9.95. The fourth-order valence-corrected chi connectivity index (χ4v) is 1.39. The Morgan fingerprint density at radius 2 is 2.50 bits per heavy atom. The molecule has 1 aliphatic heterocycles. The van der Waals surface area contributed by atoms with Crippen LogP contribution >= 0.6 is 0 Å². The third-order valence-corrected chi connectivity index (χ3v) is 2.12. The summed E-state index contributed by atoms with van der Waals surface area (Å²) in [6, 6.07) is 0. The lowest BCUT2D eigenvalue weighted by molar-refractivity contribution is -0.143. The lowest BCUT2D eigenvalue weighted by Gasteiger charge is -2.05. The van der Waals surface area contributed by atoms with Crippen molar-refractivity contribution in [3.63, 3.8) is 0 Å². The Kier molecular flexibility index (Phi) is 0.951. The summed E-state index contributed by atoms with van der Waals surface area (Å²) in [4.78, 5) is 10.6. The molecule has 3 nitrogen and oxygen atoms in total. The average Bonchev–Trinajstić information content (AvgIpc) is 2.61. The summed E-state index contributed by atoms with van der Waals surface area (Å²) in [5, 5.41) is 8.68. The zero-order valence-corrected chi connectivity index (χ0v) is 5.41. The molecule has 0 radical (unpaired) electrons. The van der Waals surface area contributed by atoms with Gasteiger partial charge in [0.15, 0.2) is 5.60 Å². The first-order valence-electron chi connectivity index (χ1n) is 3.32. The molecule has 0 spiro atoms. The molecule has 54 valence electrons. The average molecular weight is 140 g/mol. The quantitative estimate of drug-likeness (QED) is 0.427. The topological polar surface area (TPSA) is 49.8 Å². The minimum atomic E-state index is -0.825. The first-order chi connectivity index (χ1) is 4.76. The number of epoxide rings is 1. The van der Waals surface area contributed by atoms with Crippen LogP contribution < -0.4 is 0 Å². The highest BCUT2D eigenvalue weighted by Gasteiger charge is 2.62. The van der Waals surface area contributed by atoms with Crippen molar-refractivity contribution in [2.24, 2.45) is 0 Å². The molecule has 2 atom stereocenters. The minimum Gasteiger partial charge on any atom is -0.479 e. The normalized spacial score (nSPS) is 42.6. The van der Waals surface area contributed by atoms with Gasteiger partial charge in [0.2, 0.25) is 0 Å². The molecule has 0 aromatic carbocycles. The molecule has 1 saturated heterocycles. The highest BCUT2D eigenvalue weighted by molar-refractivity contribution is 5.82. The fourth-order valence-electron chi connectivity index (χ4n) is 1.39. The summed E-state index contributed by atoms with van der Waals surface area (Å²) < 4.78 is 5.06. The van der Waals surface area contributed by atoms with E-state index >= 15 is 0 Å². The predicted molar refractivity (Wildman–Crippen MR) is 33.6 cm³/mol. The molecular weight excluding hydrogens is 132 g/mol. The third kappa shape index (κ3) is 0.555. The molecule has 0 aromatic rings. The van der Waals surface area contributed by atoms with Crippen LogP contribution in [0, 0.1) is 0 Å². The number of hydrogen-bond acceptors (Lipinski definition) is 2. The summed E-state index contributed by atoms with van der Waals surface area (Å²) >= 11 is 0. The number of carboxylic acids is 1. The van der Waals surface area contributed by atoms with Crippen LogP contribution in [0.5, 0.6) is 0 Å². The summed E-state index contributed by atoms with van der Waals surface area (Å²) in [6.07, 6.45) is 5.09. The molecule has 1 heterocycles. The van der Waals surface area contributed by atoms with Gasteiger partial charge in [-0.2, -0.15) is 0 Å². The van der Waals surface area contributed by atoms with Crippen molar-refractivity contribution in [1.29, 1.82) is 0 Å². The van der Waals surface area contributed by atoms with Crippen LogP contribution in [0.3, 0.4) is 0 Å². The van der Waals surface area contributed by atoms with Gasteiger partial charge in [0.1, 0.15) is 6.10 Å². The van der Waals surface area contributed by atoms with Crippen LogP contribution in [0.25, 0.3) is 0 Å². The van der Waals surface area contributed by atoms with Gasteiger partial charge in [-0.15, -0.1) is 0 Å². The molecule has 0 bridgehead atoms. The Hall–Kier alpha value is -0.830. The van der Waals surface area contributed by atoms with Gasteiger partial charge < -0.3 is 9.84 Å². The number of carbonyl (C=O) groups is 1. The maximum atomic E-state index is 10.6. The molecule has 3 heteroatoms.